The van der Waals surface area contributed by atoms with Gasteiger partial charge < -0.3 is 4.98 Å². The van der Waals surface area contributed by atoms with Crippen LogP contribution in [0.1, 0.15) is 15.9 Å². The molecule has 0 saturated heterocycles. The van der Waals surface area contributed by atoms with Crippen LogP contribution in [0, 0.1) is 6.92 Å². The van der Waals surface area contributed by atoms with Gasteiger partial charge in [0.05, 0.1) is 0 Å². The van der Waals surface area contributed by atoms with Gasteiger partial charge in [-0.15, -0.1) is 0 Å². The first kappa shape index (κ1) is 6.74. The van der Waals surface area contributed by atoms with E-state index in [4.69, 9.17) is 0 Å². The molecule has 0 aliphatic heterocycles. The number of H-pyrrole nitrogens is 1. The molecule has 1 aromatic rings. The molecule has 0 unspecified atom stereocenters. The average Bonchev–Trinajstić information content (AvgIpc) is 1.88. The Hall–Kier alpha value is -1.38. The van der Waals surface area contributed by atoms with Crippen molar-refractivity contribution >= 4 is 6.29 Å². The molecule has 0 aliphatic rings. The average molecular weight is 137 g/mol. The normalized spacial score (nSPS) is 9.30. The molecule has 0 spiro atoms. The quantitative estimate of drug-likeness (QED) is 0.573. The van der Waals surface area contributed by atoms with Gasteiger partial charge in [0.1, 0.15) is 0 Å². The van der Waals surface area contributed by atoms with Gasteiger partial charge in [0.15, 0.2) is 6.29 Å². The summed E-state index contributed by atoms with van der Waals surface area (Å²) in [5.41, 5.74) is 1.06. The van der Waals surface area contributed by atoms with Crippen LogP contribution in [-0.2, 0) is 0 Å². The van der Waals surface area contributed by atoms with Gasteiger partial charge in [-0.05, 0) is 12.5 Å². The van der Waals surface area contributed by atoms with Gasteiger partial charge in [-0.3, -0.25) is 9.59 Å². The summed E-state index contributed by atoms with van der Waals surface area (Å²) in [5, 5.41) is 0. The van der Waals surface area contributed by atoms with E-state index in [0.29, 0.717) is 17.4 Å². The Bertz CT molecular complexity index is 301. The van der Waals surface area contributed by atoms with E-state index in [1.165, 1.54) is 12.3 Å². The molecule has 52 valence electrons. The van der Waals surface area contributed by atoms with Gasteiger partial charge in [0, 0.05) is 17.8 Å². The van der Waals surface area contributed by atoms with Crippen LogP contribution in [0.15, 0.2) is 17.1 Å². The molecule has 0 radical (unpaired) electrons. The van der Waals surface area contributed by atoms with Crippen LogP contribution in [0.3, 0.4) is 0 Å². The number of rotatable bonds is 1. The number of aromatic amines is 1. The van der Waals surface area contributed by atoms with Crippen LogP contribution in [0.4, 0.5) is 0 Å². The smallest absolute Gasteiger partial charge is 0.248 e. The maximum atomic E-state index is 10.6. The summed E-state index contributed by atoms with van der Waals surface area (Å²) in [5.74, 6) is 0. The number of pyridine rings is 1. The van der Waals surface area contributed by atoms with Gasteiger partial charge in [-0.1, -0.05) is 0 Å². The van der Waals surface area contributed by atoms with E-state index in [1.54, 1.807) is 6.92 Å². The van der Waals surface area contributed by atoms with E-state index < -0.39 is 0 Å². The Morgan fingerprint density at radius 2 is 2.30 bits per heavy atom. The highest BCUT2D eigenvalue weighted by Gasteiger charge is 1.94. The van der Waals surface area contributed by atoms with Crippen molar-refractivity contribution in [3.05, 3.63) is 33.7 Å². The van der Waals surface area contributed by atoms with Crippen molar-refractivity contribution in [2.24, 2.45) is 0 Å². The van der Waals surface area contributed by atoms with Crippen molar-refractivity contribution in [1.82, 2.24) is 4.98 Å². The van der Waals surface area contributed by atoms with Crippen molar-refractivity contribution < 1.29 is 4.79 Å². The van der Waals surface area contributed by atoms with E-state index in [9.17, 15) is 9.59 Å². The molecule has 10 heavy (non-hydrogen) atoms. The summed E-state index contributed by atoms with van der Waals surface area (Å²) < 4.78 is 0. The van der Waals surface area contributed by atoms with E-state index in [-0.39, 0.29) is 5.56 Å². The number of carbonyl (C=O) groups is 1. The second-order valence-electron chi connectivity index (χ2n) is 2.05. The lowest BCUT2D eigenvalue weighted by molar-refractivity contribution is 0.112. The third kappa shape index (κ3) is 1.13. The van der Waals surface area contributed by atoms with E-state index in [0.717, 1.165) is 0 Å². The van der Waals surface area contributed by atoms with Crippen LogP contribution in [0.25, 0.3) is 0 Å². The van der Waals surface area contributed by atoms with Gasteiger partial charge in [0.25, 0.3) is 0 Å². The largest absolute Gasteiger partial charge is 0.328 e. The maximum absolute atomic E-state index is 10.6. The van der Waals surface area contributed by atoms with Crippen molar-refractivity contribution in [3.8, 4) is 0 Å². The molecule has 0 fully saturated rings. The zero-order valence-electron chi connectivity index (χ0n) is 5.55. The lowest BCUT2D eigenvalue weighted by Crippen LogP contribution is -2.05. The van der Waals surface area contributed by atoms with E-state index >= 15 is 0 Å². The number of aromatic nitrogens is 1. The molecule has 0 amide bonds. The maximum Gasteiger partial charge on any atom is 0.248 e. The fourth-order valence-electron chi connectivity index (χ4n) is 0.711. The minimum atomic E-state index is -0.178. The van der Waals surface area contributed by atoms with E-state index in [2.05, 4.69) is 4.98 Å². The molecular weight excluding hydrogens is 130 g/mol. The first-order chi connectivity index (χ1) is 4.74. The van der Waals surface area contributed by atoms with Crippen LogP contribution in [0.2, 0.25) is 0 Å². The van der Waals surface area contributed by atoms with Crippen molar-refractivity contribution in [3.63, 3.8) is 0 Å². The topological polar surface area (TPSA) is 49.9 Å². The zero-order valence-corrected chi connectivity index (χ0v) is 5.55. The molecule has 0 bridgehead atoms. The number of hydrogen-bond acceptors (Lipinski definition) is 2. The first-order valence-electron chi connectivity index (χ1n) is 2.88. The Balaban J connectivity index is 3.32. The fourth-order valence-corrected chi connectivity index (χ4v) is 0.711. The lowest BCUT2D eigenvalue weighted by atomic mass is 10.2. The van der Waals surface area contributed by atoms with E-state index in [1.807, 2.05) is 0 Å². The Morgan fingerprint density at radius 1 is 1.60 bits per heavy atom. The van der Waals surface area contributed by atoms with Crippen LogP contribution in [-0.4, -0.2) is 11.3 Å². The highest BCUT2D eigenvalue weighted by Crippen LogP contribution is 1.96. The van der Waals surface area contributed by atoms with Crippen LogP contribution >= 0.6 is 0 Å². The Morgan fingerprint density at radius 3 is 2.80 bits per heavy atom. The Labute approximate surface area is 57.7 Å². The molecule has 3 nitrogen and oxygen atoms in total. The minimum absolute atomic E-state index is 0.178. The molecule has 3 heteroatoms. The van der Waals surface area contributed by atoms with Crippen LogP contribution in [0.5, 0.6) is 0 Å². The molecule has 1 N–H and O–H groups in total. The summed E-state index contributed by atoms with van der Waals surface area (Å²) >= 11 is 0. The second kappa shape index (κ2) is 2.47. The molecule has 0 aliphatic carbocycles. The van der Waals surface area contributed by atoms with Crippen molar-refractivity contribution in [1.29, 1.82) is 0 Å². The molecule has 1 heterocycles. The highest BCUT2D eigenvalue weighted by atomic mass is 16.1. The van der Waals surface area contributed by atoms with Crippen molar-refractivity contribution in [2.75, 3.05) is 0 Å². The summed E-state index contributed by atoms with van der Waals surface area (Å²) in [4.78, 5) is 23.2. The van der Waals surface area contributed by atoms with Crippen molar-refractivity contribution in [2.45, 2.75) is 6.92 Å². The number of carbonyl (C=O) groups excluding carboxylic acids is 1. The number of hydrogen-bond donors (Lipinski definition) is 1. The number of aryl methyl sites for hydroxylation is 1. The van der Waals surface area contributed by atoms with Crippen LogP contribution < -0.4 is 5.56 Å². The van der Waals surface area contributed by atoms with Gasteiger partial charge >= 0.3 is 0 Å². The molecule has 0 saturated carbocycles. The molecule has 1 aromatic heterocycles. The molecule has 0 atom stereocenters. The van der Waals surface area contributed by atoms with Gasteiger partial charge in [0.2, 0.25) is 5.56 Å². The molecule has 1 rings (SSSR count). The third-order valence-electron chi connectivity index (χ3n) is 1.30. The molecular formula is C7H7NO2. The summed E-state index contributed by atoms with van der Waals surface area (Å²) in [6.07, 6.45) is 2.12. The third-order valence-corrected chi connectivity index (χ3v) is 1.30. The monoisotopic (exact) mass is 137 g/mol. The minimum Gasteiger partial charge on any atom is -0.328 e. The predicted octanol–water partition coefficient (Wildman–Crippen LogP) is 0.496. The summed E-state index contributed by atoms with van der Waals surface area (Å²) in [6, 6.07) is 1.39. The fraction of sp³-hybridized carbons (Fsp3) is 0.143. The zero-order chi connectivity index (χ0) is 7.56. The lowest BCUT2D eigenvalue weighted by Gasteiger charge is -1.92. The molecule has 0 aromatic carbocycles. The number of nitrogens with one attached hydrogen (secondary N) is 1. The second-order valence-corrected chi connectivity index (χ2v) is 2.05. The predicted molar refractivity (Wildman–Crippen MR) is 37.2 cm³/mol. The standard InChI is InChI=1S/C7H7NO2/c1-5-2-7(10)8-3-6(5)4-9/h2-4H,1H3,(H,8,10). The number of aldehydes is 1. The SMILES string of the molecule is Cc1cc(=O)[nH]cc1C=O. The first-order valence-corrected chi connectivity index (χ1v) is 2.88. The summed E-state index contributed by atoms with van der Waals surface area (Å²) in [6.45, 7) is 1.72. The highest BCUT2D eigenvalue weighted by molar-refractivity contribution is 5.76. The van der Waals surface area contributed by atoms with Gasteiger partial charge in [-0.25, -0.2) is 0 Å². The Kier molecular flexibility index (Phi) is 1.67. The van der Waals surface area contributed by atoms with Gasteiger partial charge in [-0.2, -0.15) is 0 Å². The summed E-state index contributed by atoms with van der Waals surface area (Å²) in [7, 11) is 0.